The van der Waals surface area contributed by atoms with Crippen molar-refractivity contribution in [3.8, 4) is 6.07 Å². The molecule has 0 spiro atoms. The van der Waals surface area contributed by atoms with Crippen molar-refractivity contribution in [2.45, 2.75) is 24.3 Å². The first-order chi connectivity index (χ1) is 18.3. The van der Waals surface area contributed by atoms with Crippen LogP contribution in [0.15, 0.2) is 48.5 Å². The van der Waals surface area contributed by atoms with Gasteiger partial charge in [0.2, 0.25) is 23.6 Å². The molecule has 0 bridgehead atoms. The molecular weight excluding hydrogens is 508 g/mol. The Kier molecular flexibility index (Phi) is 8.30. The summed E-state index contributed by atoms with van der Waals surface area (Å²) in [5, 5.41) is 20.1. The number of fused-ring (bicyclic) bond motifs is 1. The van der Waals surface area contributed by atoms with Gasteiger partial charge in [-0.15, -0.1) is 11.3 Å². The van der Waals surface area contributed by atoms with Crippen LogP contribution in [0, 0.1) is 11.3 Å². The SMILES string of the molecule is COCC(=O)NCCC(=O)NC1(C(=O)NCC(=O)Nc2ccc3nc(C#N)sc3c2)CC1c1ccccc1. The van der Waals surface area contributed by atoms with Gasteiger partial charge < -0.3 is 26.0 Å². The summed E-state index contributed by atoms with van der Waals surface area (Å²) in [6.45, 7) is -0.301. The van der Waals surface area contributed by atoms with E-state index in [1.165, 1.54) is 18.4 Å². The molecule has 0 radical (unpaired) electrons. The van der Waals surface area contributed by atoms with Crippen LogP contribution in [0.1, 0.15) is 29.3 Å². The molecule has 196 valence electrons. The highest BCUT2D eigenvalue weighted by atomic mass is 32.1. The van der Waals surface area contributed by atoms with Crippen LogP contribution in [0.4, 0.5) is 5.69 Å². The number of hydrogen-bond donors (Lipinski definition) is 4. The van der Waals surface area contributed by atoms with Gasteiger partial charge in [0, 0.05) is 31.7 Å². The van der Waals surface area contributed by atoms with Crippen molar-refractivity contribution in [2.75, 3.05) is 32.1 Å². The van der Waals surface area contributed by atoms with E-state index in [0.29, 0.717) is 22.6 Å². The number of rotatable bonds is 11. The summed E-state index contributed by atoms with van der Waals surface area (Å²) >= 11 is 1.22. The number of carbonyl (C=O) groups excluding carboxylic acids is 4. The summed E-state index contributed by atoms with van der Waals surface area (Å²) in [5.41, 5.74) is 0.881. The van der Waals surface area contributed by atoms with Crippen molar-refractivity contribution in [1.82, 2.24) is 20.9 Å². The fraction of sp³-hybridized carbons (Fsp3) is 0.308. The van der Waals surface area contributed by atoms with Crippen molar-refractivity contribution in [2.24, 2.45) is 0 Å². The van der Waals surface area contributed by atoms with Crippen LogP contribution in [0.25, 0.3) is 10.2 Å². The Hall–Kier alpha value is -4.34. The Morgan fingerprint density at radius 3 is 2.63 bits per heavy atom. The van der Waals surface area contributed by atoms with E-state index in [0.717, 1.165) is 10.3 Å². The van der Waals surface area contributed by atoms with Crippen LogP contribution in [0.2, 0.25) is 0 Å². The van der Waals surface area contributed by atoms with Crippen LogP contribution in [-0.4, -0.2) is 61.0 Å². The van der Waals surface area contributed by atoms with Crippen molar-refractivity contribution in [3.05, 3.63) is 59.1 Å². The molecular formula is C26H26N6O5S. The maximum atomic E-state index is 13.3. The summed E-state index contributed by atoms with van der Waals surface area (Å²) in [7, 11) is 1.40. The third kappa shape index (κ3) is 6.31. The number of nitrogens with one attached hydrogen (secondary N) is 4. The van der Waals surface area contributed by atoms with Crippen LogP contribution in [0.3, 0.4) is 0 Å². The molecule has 1 fully saturated rings. The number of amides is 4. The molecule has 1 aromatic heterocycles. The van der Waals surface area contributed by atoms with Gasteiger partial charge in [-0.05, 0) is 30.2 Å². The van der Waals surface area contributed by atoms with Crippen molar-refractivity contribution >= 4 is 50.9 Å². The predicted octanol–water partition coefficient (Wildman–Crippen LogP) is 1.42. The number of hydrogen-bond acceptors (Lipinski definition) is 8. The van der Waals surface area contributed by atoms with Gasteiger partial charge in [-0.2, -0.15) is 5.26 Å². The highest BCUT2D eigenvalue weighted by molar-refractivity contribution is 7.19. The van der Waals surface area contributed by atoms with Crippen molar-refractivity contribution < 1.29 is 23.9 Å². The van der Waals surface area contributed by atoms with Gasteiger partial charge in [0.05, 0.1) is 16.8 Å². The Morgan fingerprint density at radius 1 is 1.11 bits per heavy atom. The summed E-state index contributed by atoms with van der Waals surface area (Å²) in [5.74, 6) is -1.89. The van der Waals surface area contributed by atoms with Crippen LogP contribution in [0.5, 0.6) is 0 Å². The molecule has 3 aromatic rings. The van der Waals surface area contributed by atoms with Gasteiger partial charge in [0.25, 0.3) is 0 Å². The van der Waals surface area contributed by atoms with E-state index in [9.17, 15) is 19.2 Å². The topological polar surface area (TPSA) is 162 Å². The molecule has 0 saturated heterocycles. The van der Waals surface area contributed by atoms with Gasteiger partial charge in [-0.3, -0.25) is 19.2 Å². The van der Waals surface area contributed by atoms with Crippen LogP contribution >= 0.6 is 11.3 Å². The van der Waals surface area contributed by atoms with E-state index < -0.39 is 23.3 Å². The molecule has 1 saturated carbocycles. The second kappa shape index (κ2) is 11.8. The number of ether oxygens (including phenoxy) is 1. The van der Waals surface area contributed by atoms with Gasteiger partial charge in [-0.1, -0.05) is 30.3 Å². The summed E-state index contributed by atoms with van der Waals surface area (Å²) in [6, 6.07) is 16.4. The zero-order valence-corrected chi connectivity index (χ0v) is 21.4. The van der Waals surface area contributed by atoms with E-state index in [-0.39, 0.29) is 37.9 Å². The van der Waals surface area contributed by atoms with E-state index in [1.807, 2.05) is 36.4 Å². The second-order valence-corrected chi connectivity index (χ2v) is 9.79. The normalized spacial score (nSPS) is 17.7. The first-order valence-corrected chi connectivity index (χ1v) is 12.7. The Bertz CT molecular complexity index is 1400. The molecule has 1 heterocycles. The third-order valence-corrected chi connectivity index (χ3v) is 6.98. The zero-order valence-electron chi connectivity index (χ0n) is 20.6. The van der Waals surface area contributed by atoms with Crippen LogP contribution in [-0.2, 0) is 23.9 Å². The van der Waals surface area contributed by atoms with E-state index in [1.54, 1.807) is 18.2 Å². The molecule has 2 aromatic carbocycles. The Morgan fingerprint density at radius 2 is 1.89 bits per heavy atom. The number of benzene rings is 2. The lowest BCUT2D eigenvalue weighted by atomic mass is 10.0. The van der Waals surface area contributed by atoms with Gasteiger partial charge in [-0.25, -0.2) is 4.98 Å². The van der Waals surface area contributed by atoms with Crippen LogP contribution < -0.4 is 21.3 Å². The molecule has 2 unspecified atom stereocenters. The molecule has 1 aliphatic rings. The van der Waals surface area contributed by atoms with Gasteiger partial charge >= 0.3 is 0 Å². The minimum atomic E-state index is -1.19. The Balaban J connectivity index is 1.36. The molecule has 12 heteroatoms. The number of anilines is 1. The maximum Gasteiger partial charge on any atom is 0.246 e. The molecule has 38 heavy (non-hydrogen) atoms. The number of nitriles is 1. The smallest absolute Gasteiger partial charge is 0.246 e. The minimum absolute atomic E-state index is 0.0138. The highest BCUT2D eigenvalue weighted by Gasteiger charge is 2.61. The highest BCUT2D eigenvalue weighted by Crippen LogP contribution is 2.51. The average Bonchev–Trinajstić information content (AvgIpc) is 3.48. The molecule has 1 aliphatic carbocycles. The number of carbonyl (C=O) groups is 4. The monoisotopic (exact) mass is 534 g/mol. The lowest BCUT2D eigenvalue weighted by molar-refractivity contribution is -0.131. The number of aromatic nitrogens is 1. The molecule has 0 aliphatic heterocycles. The average molecular weight is 535 g/mol. The zero-order chi connectivity index (χ0) is 27.1. The molecule has 4 N–H and O–H groups in total. The number of nitrogens with zero attached hydrogens (tertiary/aromatic N) is 2. The van der Waals surface area contributed by atoms with E-state index in [2.05, 4.69) is 26.3 Å². The molecule has 11 nitrogen and oxygen atoms in total. The lowest BCUT2D eigenvalue weighted by Gasteiger charge is -2.20. The maximum absolute atomic E-state index is 13.3. The second-order valence-electron chi connectivity index (χ2n) is 8.76. The molecule has 2 atom stereocenters. The first kappa shape index (κ1) is 26.7. The minimum Gasteiger partial charge on any atom is -0.375 e. The molecule has 4 amide bonds. The first-order valence-electron chi connectivity index (χ1n) is 11.8. The predicted molar refractivity (Wildman–Crippen MR) is 140 cm³/mol. The van der Waals surface area contributed by atoms with E-state index in [4.69, 9.17) is 10.00 Å². The van der Waals surface area contributed by atoms with Gasteiger partial charge in [0.1, 0.15) is 18.2 Å². The molecule has 4 rings (SSSR count). The van der Waals surface area contributed by atoms with E-state index >= 15 is 0 Å². The summed E-state index contributed by atoms with van der Waals surface area (Å²) in [4.78, 5) is 54.2. The quantitative estimate of drug-likeness (QED) is 0.289. The van der Waals surface area contributed by atoms with Crippen molar-refractivity contribution in [3.63, 3.8) is 0 Å². The number of methoxy groups -OCH3 is 1. The fourth-order valence-electron chi connectivity index (χ4n) is 4.18. The standard InChI is InChI=1S/C26H26N6O5S/c1-37-15-23(35)28-10-9-21(33)32-26(12-18(26)16-5-3-2-4-6-16)25(36)29-14-22(34)30-17-7-8-19-20(11-17)38-24(13-27)31-19/h2-8,11,18H,9-10,12,14-15H2,1H3,(H,28,35)(H,29,36)(H,30,34)(H,32,33). The summed E-state index contributed by atoms with van der Waals surface area (Å²) < 4.78 is 5.50. The number of thiazole rings is 1. The third-order valence-electron chi connectivity index (χ3n) is 6.06. The van der Waals surface area contributed by atoms with Gasteiger partial charge in [0.15, 0.2) is 5.01 Å². The largest absolute Gasteiger partial charge is 0.375 e. The van der Waals surface area contributed by atoms with Crippen molar-refractivity contribution in [1.29, 1.82) is 5.26 Å². The Labute approximate surface area is 222 Å². The fourth-order valence-corrected chi connectivity index (χ4v) is 4.98. The lowest BCUT2D eigenvalue weighted by Crippen LogP contribution is -2.52. The summed E-state index contributed by atoms with van der Waals surface area (Å²) in [6.07, 6.45) is 0.371.